The molecule has 2 rings (SSSR count). The van der Waals surface area contributed by atoms with E-state index < -0.39 is 0 Å². The van der Waals surface area contributed by atoms with Gasteiger partial charge in [-0.1, -0.05) is 44.4 Å². The van der Waals surface area contributed by atoms with Crippen molar-refractivity contribution in [1.29, 1.82) is 0 Å². The van der Waals surface area contributed by atoms with Crippen LogP contribution in [0.15, 0.2) is 36.4 Å². The maximum atomic E-state index is 6.59. The number of methoxy groups -OCH3 is 1. The maximum Gasteiger partial charge on any atom is 2.00 e. The Morgan fingerprint density at radius 3 is 2.52 bits per heavy atom. The first-order valence-corrected chi connectivity index (χ1v) is 7.16. The minimum absolute atomic E-state index is 0. The number of hydrogen-bond donors (Lipinski definition) is 0. The molecule has 0 bridgehead atoms. The van der Waals surface area contributed by atoms with Gasteiger partial charge in [0.25, 0.3) is 0 Å². The molecule has 0 spiro atoms. The van der Waals surface area contributed by atoms with Crippen LogP contribution in [0.3, 0.4) is 0 Å². The van der Waals surface area contributed by atoms with Gasteiger partial charge in [0.2, 0.25) is 0 Å². The van der Waals surface area contributed by atoms with Crippen molar-refractivity contribution in [2.24, 2.45) is 0 Å². The Balaban J connectivity index is 0.000000397. The summed E-state index contributed by atoms with van der Waals surface area (Å²) in [6.45, 7) is 2.19. The SMILES string of the molecule is COc1[c-]c2ccccc2cc1.[C-]#CCCCCCC.[Zn+2]. The van der Waals surface area contributed by atoms with Crippen LogP contribution in [0.4, 0.5) is 0 Å². The van der Waals surface area contributed by atoms with Crippen LogP contribution in [-0.4, -0.2) is 7.11 Å². The molecule has 1 nitrogen and oxygen atoms in total. The van der Waals surface area contributed by atoms with Crippen LogP contribution < -0.4 is 4.74 Å². The quantitative estimate of drug-likeness (QED) is 0.317. The molecule has 0 unspecified atom stereocenters. The first kappa shape index (κ1) is 19.7. The molecular weight excluding hydrogens is 310 g/mol. The summed E-state index contributed by atoms with van der Waals surface area (Å²) in [5, 5.41) is 2.29. The predicted octanol–water partition coefficient (Wildman–Crippen LogP) is 5.19. The van der Waals surface area contributed by atoms with Gasteiger partial charge in [-0.25, -0.2) is 0 Å². The van der Waals surface area contributed by atoms with Crippen molar-refractivity contribution in [2.45, 2.75) is 39.0 Å². The topological polar surface area (TPSA) is 9.23 Å². The Hall–Kier alpha value is -1.32. The molecule has 0 aliphatic carbocycles. The van der Waals surface area contributed by atoms with Crippen molar-refractivity contribution in [3.63, 3.8) is 0 Å². The third kappa shape index (κ3) is 7.88. The Labute approximate surface area is 141 Å². The molecule has 0 fully saturated rings. The summed E-state index contributed by atoms with van der Waals surface area (Å²) in [7, 11) is 1.65. The molecule has 2 aromatic rings. The molecule has 0 heterocycles. The van der Waals surface area contributed by atoms with Crippen LogP contribution >= 0.6 is 0 Å². The van der Waals surface area contributed by atoms with E-state index in [2.05, 4.69) is 25.0 Å². The molecule has 0 amide bonds. The van der Waals surface area contributed by atoms with Gasteiger partial charge in [0.05, 0.1) is 7.11 Å². The van der Waals surface area contributed by atoms with Crippen molar-refractivity contribution in [2.75, 3.05) is 7.11 Å². The number of benzene rings is 2. The average Bonchev–Trinajstić information content (AvgIpc) is 2.52. The van der Waals surface area contributed by atoms with Crippen LogP contribution in [0.1, 0.15) is 39.0 Å². The second kappa shape index (κ2) is 12.4. The summed E-state index contributed by atoms with van der Waals surface area (Å²) in [6.07, 6.45) is 12.4. The molecule has 106 valence electrons. The van der Waals surface area contributed by atoms with Crippen LogP contribution in [-0.2, 0) is 19.5 Å². The van der Waals surface area contributed by atoms with Crippen LogP contribution in [0.2, 0.25) is 0 Å². The van der Waals surface area contributed by atoms with Crippen LogP contribution in [0.25, 0.3) is 10.8 Å². The largest absolute Gasteiger partial charge is 2.00 e. The van der Waals surface area contributed by atoms with Gasteiger partial charge >= 0.3 is 19.5 Å². The second-order valence-corrected chi connectivity index (χ2v) is 4.60. The van der Waals surface area contributed by atoms with E-state index >= 15 is 0 Å². The van der Waals surface area contributed by atoms with Gasteiger partial charge in [-0.3, -0.25) is 0 Å². The first-order valence-electron chi connectivity index (χ1n) is 7.16. The van der Waals surface area contributed by atoms with Gasteiger partial charge in [-0.15, -0.1) is 35.0 Å². The Morgan fingerprint density at radius 1 is 1.10 bits per heavy atom. The normalized spacial score (nSPS) is 9.00. The van der Waals surface area contributed by atoms with Crippen molar-refractivity contribution < 1.29 is 24.2 Å². The van der Waals surface area contributed by atoms with Gasteiger partial charge in [0.1, 0.15) is 0 Å². The predicted molar refractivity (Wildman–Crippen MR) is 85.2 cm³/mol. The summed E-state index contributed by atoms with van der Waals surface area (Å²) in [6, 6.07) is 15.2. The standard InChI is InChI=1S/C11H9O.C8H13.Zn/c1-12-11-7-6-9-4-2-3-5-10(9)8-11;1-3-5-7-8-6-4-2;/h2-7H,1H3;3,5-8H2,1H3;/q2*-1;+2. The summed E-state index contributed by atoms with van der Waals surface area (Å²) in [4.78, 5) is 0. The summed E-state index contributed by atoms with van der Waals surface area (Å²) in [5.74, 6) is 3.16. The molecule has 21 heavy (non-hydrogen) atoms. The van der Waals surface area contributed by atoms with E-state index in [1.165, 1.54) is 24.6 Å². The van der Waals surface area contributed by atoms with Gasteiger partial charge < -0.3 is 17.1 Å². The molecule has 0 aliphatic rings. The molecule has 0 aliphatic heterocycles. The van der Waals surface area contributed by atoms with E-state index in [9.17, 15) is 0 Å². The van der Waals surface area contributed by atoms with E-state index in [0.29, 0.717) is 0 Å². The summed E-state index contributed by atoms with van der Waals surface area (Å²) < 4.78 is 5.07. The third-order valence-electron chi connectivity index (χ3n) is 3.01. The number of fused-ring (bicyclic) bond motifs is 1. The molecule has 2 aromatic carbocycles. The van der Waals surface area contributed by atoms with E-state index in [0.717, 1.165) is 24.0 Å². The smallest absolute Gasteiger partial charge is 0.694 e. The maximum absolute atomic E-state index is 6.59. The minimum Gasteiger partial charge on any atom is -0.694 e. The number of rotatable bonds is 5. The van der Waals surface area contributed by atoms with Gasteiger partial charge in [0, 0.05) is 5.75 Å². The second-order valence-electron chi connectivity index (χ2n) is 4.60. The van der Waals surface area contributed by atoms with E-state index in [4.69, 9.17) is 11.2 Å². The molecule has 0 aromatic heterocycles. The zero-order chi connectivity index (χ0) is 14.6. The van der Waals surface area contributed by atoms with E-state index in [1.807, 2.05) is 30.3 Å². The van der Waals surface area contributed by atoms with Crippen LogP contribution in [0, 0.1) is 18.4 Å². The summed E-state index contributed by atoms with van der Waals surface area (Å²) >= 11 is 0. The molecule has 0 radical (unpaired) electrons. The van der Waals surface area contributed by atoms with Crippen molar-refractivity contribution >= 4 is 10.8 Å². The molecule has 0 N–H and O–H groups in total. The zero-order valence-electron chi connectivity index (χ0n) is 13.1. The van der Waals surface area contributed by atoms with Gasteiger partial charge in [0.15, 0.2) is 0 Å². The average molecular weight is 332 g/mol. The number of ether oxygens (including phenoxy) is 1. The monoisotopic (exact) mass is 330 g/mol. The minimum atomic E-state index is 0. The molecular formula is C19H22OZn. The number of unbranched alkanes of at least 4 members (excludes halogenated alkanes) is 4. The Bertz CT molecular complexity index is 543. The Morgan fingerprint density at radius 2 is 1.86 bits per heavy atom. The summed E-state index contributed by atoms with van der Waals surface area (Å²) in [5.41, 5.74) is 0. The van der Waals surface area contributed by atoms with Crippen molar-refractivity contribution in [3.8, 4) is 11.7 Å². The third-order valence-corrected chi connectivity index (χ3v) is 3.01. The van der Waals surface area contributed by atoms with Gasteiger partial charge in [-0.05, 0) is 12.8 Å². The van der Waals surface area contributed by atoms with Crippen molar-refractivity contribution in [3.05, 3.63) is 48.9 Å². The van der Waals surface area contributed by atoms with Crippen molar-refractivity contribution in [1.82, 2.24) is 0 Å². The van der Waals surface area contributed by atoms with E-state index in [1.54, 1.807) is 7.11 Å². The zero-order valence-corrected chi connectivity index (χ0v) is 16.1. The fourth-order valence-corrected chi connectivity index (χ4v) is 1.86. The first-order chi connectivity index (χ1) is 9.81. The fraction of sp³-hybridized carbons (Fsp3) is 0.368. The molecule has 0 saturated carbocycles. The van der Waals surface area contributed by atoms with Crippen LogP contribution in [0.5, 0.6) is 5.75 Å². The number of hydrogen-bond acceptors (Lipinski definition) is 1. The Kier molecular flexibility index (Phi) is 11.6. The fourth-order valence-electron chi connectivity index (χ4n) is 1.86. The molecule has 2 heteroatoms. The van der Waals surface area contributed by atoms with E-state index in [-0.39, 0.29) is 19.5 Å². The van der Waals surface area contributed by atoms with Gasteiger partial charge in [-0.2, -0.15) is 0 Å². The molecule has 0 saturated heterocycles. The molecule has 0 atom stereocenters.